The topological polar surface area (TPSA) is 12.0 Å². The lowest BCUT2D eigenvalue weighted by Crippen LogP contribution is -2.11. The van der Waals surface area contributed by atoms with Gasteiger partial charge in [-0.3, -0.25) is 0 Å². The van der Waals surface area contributed by atoms with Crippen LogP contribution in [0.2, 0.25) is 0 Å². The fourth-order valence-electron chi connectivity index (χ4n) is 1.48. The fourth-order valence-corrected chi connectivity index (χ4v) is 1.48. The molecule has 0 saturated heterocycles. The Labute approximate surface area is 85.3 Å². The fraction of sp³-hybridized carbons (Fsp3) is 0.500. The minimum absolute atomic E-state index is 0.170. The van der Waals surface area contributed by atoms with Crippen LogP contribution in [0.25, 0.3) is 0 Å². The van der Waals surface area contributed by atoms with E-state index in [0.717, 1.165) is 6.54 Å². The van der Waals surface area contributed by atoms with Crippen molar-refractivity contribution in [1.82, 2.24) is 0 Å². The maximum atomic E-state index is 13.2. The van der Waals surface area contributed by atoms with Gasteiger partial charge < -0.3 is 5.32 Å². The summed E-state index contributed by atoms with van der Waals surface area (Å²) >= 11 is 0. The van der Waals surface area contributed by atoms with E-state index in [4.69, 9.17) is 0 Å². The summed E-state index contributed by atoms with van der Waals surface area (Å²) in [6, 6.07) is 6.80. The highest BCUT2D eigenvalue weighted by molar-refractivity contribution is 5.44. The van der Waals surface area contributed by atoms with Gasteiger partial charge in [0, 0.05) is 6.54 Å². The van der Waals surface area contributed by atoms with Crippen molar-refractivity contribution in [2.75, 3.05) is 11.9 Å². The zero-order chi connectivity index (χ0) is 10.4. The Morgan fingerprint density at radius 3 is 2.71 bits per heavy atom. The number of rotatable bonds is 5. The second-order valence-electron chi connectivity index (χ2n) is 3.75. The smallest absolute Gasteiger partial charge is 0.146 e. The van der Waals surface area contributed by atoms with Crippen LogP contribution in [0, 0.1) is 11.7 Å². The van der Waals surface area contributed by atoms with Crippen molar-refractivity contribution in [3.8, 4) is 0 Å². The summed E-state index contributed by atoms with van der Waals surface area (Å²) in [5.74, 6) is 0.427. The summed E-state index contributed by atoms with van der Waals surface area (Å²) in [6.45, 7) is 5.19. The first-order chi connectivity index (χ1) is 6.74. The van der Waals surface area contributed by atoms with E-state index >= 15 is 0 Å². The van der Waals surface area contributed by atoms with E-state index in [1.807, 2.05) is 6.07 Å². The Bertz CT molecular complexity index is 273. The molecule has 0 heterocycles. The van der Waals surface area contributed by atoms with Crippen LogP contribution in [0.4, 0.5) is 10.1 Å². The molecular formula is C12H18FN. The van der Waals surface area contributed by atoms with Crippen LogP contribution >= 0.6 is 0 Å². The van der Waals surface area contributed by atoms with E-state index in [2.05, 4.69) is 19.2 Å². The summed E-state index contributed by atoms with van der Waals surface area (Å²) in [5.41, 5.74) is 0.607. The van der Waals surface area contributed by atoms with Crippen LogP contribution in [0.5, 0.6) is 0 Å². The number of para-hydroxylation sites is 1. The van der Waals surface area contributed by atoms with E-state index in [-0.39, 0.29) is 5.82 Å². The van der Waals surface area contributed by atoms with Gasteiger partial charge in [-0.1, -0.05) is 32.4 Å². The zero-order valence-corrected chi connectivity index (χ0v) is 8.89. The van der Waals surface area contributed by atoms with Crippen LogP contribution in [0.15, 0.2) is 24.3 Å². The molecule has 1 nitrogen and oxygen atoms in total. The van der Waals surface area contributed by atoms with Crippen molar-refractivity contribution < 1.29 is 4.39 Å². The van der Waals surface area contributed by atoms with Crippen molar-refractivity contribution in [2.24, 2.45) is 5.92 Å². The third-order valence-electron chi connectivity index (χ3n) is 2.30. The predicted molar refractivity (Wildman–Crippen MR) is 59.0 cm³/mol. The second kappa shape index (κ2) is 5.63. The van der Waals surface area contributed by atoms with Crippen molar-refractivity contribution in [3.63, 3.8) is 0 Å². The van der Waals surface area contributed by atoms with Crippen LogP contribution in [-0.4, -0.2) is 6.54 Å². The molecule has 1 aromatic carbocycles. The lowest BCUT2D eigenvalue weighted by Gasteiger charge is -2.12. The minimum Gasteiger partial charge on any atom is -0.382 e. The molecule has 1 rings (SSSR count). The number of anilines is 1. The van der Waals surface area contributed by atoms with E-state index in [1.165, 1.54) is 18.9 Å². The van der Waals surface area contributed by atoms with Gasteiger partial charge >= 0.3 is 0 Å². The molecule has 0 amide bonds. The Morgan fingerprint density at radius 1 is 1.36 bits per heavy atom. The monoisotopic (exact) mass is 195 g/mol. The Kier molecular flexibility index (Phi) is 4.44. The first-order valence-corrected chi connectivity index (χ1v) is 5.22. The van der Waals surface area contributed by atoms with Gasteiger partial charge in [0.2, 0.25) is 0 Å². The summed E-state index contributed by atoms with van der Waals surface area (Å²) < 4.78 is 13.2. The van der Waals surface area contributed by atoms with Gasteiger partial charge in [0.25, 0.3) is 0 Å². The van der Waals surface area contributed by atoms with E-state index in [9.17, 15) is 4.39 Å². The molecule has 1 N–H and O–H groups in total. The average Bonchev–Trinajstić information content (AvgIpc) is 2.17. The minimum atomic E-state index is -0.170. The predicted octanol–water partition coefficient (Wildman–Crippen LogP) is 3.67. The van der Waals surface area contributed by atoms with Crippen molar-refractivity contribution in [1.29, 1.82) is 0 Å². The highest BCUT2D eigenvalue weighted by Crippen LogP contribution is 2.14. The average molecular weight is 195 g/mol. The Morgan fingerprint density at radius 2 is 2.07 bits per heavy atom. The summed E-state index contributed by atoms with van der Waals surface area (Å²) in [6.07, 6.45) is 2.36. The van der Waals surface area contributed by atoms with E-state index < -0.39 is 0 Å². The van der Waals surface area contributed by atoms with Gasteiger partial charge in [0.1, 0.15) is 5.82 Å². The van der Waals surface area contributed by atoms with E-state index in [1.54, 1.807) is 12.1 Å². The number of halogens is 1. The first kappa shape index (κ1) is 11.0. The Hall–Kier alpha value is -1.05. The SMILES string of the molecule is CCCC(C)CNc1ccccc1F. The van der Waals surface area contributed by atoms with Gasteiger partial charge in [0.05, 0.1) is 5.69 Å². The maximum absolute atomic E-state index is 13.2. The molecular weight excluding hydrogens is 177 g/mol. The molecule has 0 aliphatic heterocycles. The van der Waals surface area contributed by atoms with Gasteiger partial charge in [-0.15, -0.1) is 0 Å². The van der Waals surface area contributed by atoms with Gasteiger partial charge in [-0.2, -0.15) is 0 Å². The molecule has 14 heavy (non-hydrogen) atoms. The molecule has 0 radical (unpaired) electrons. The van der Waals surface area contributed by atoms with Crippen molar-refractivity contribution in [2.45, 2.75) is 26.7 Å². The molecule has 1 atom stereocenters. The zero-order valence-electron chi connectivity index (χ0n) is 8.89. The molecule has 0 bridgehead atoms. The molecule has 0 aromatic heterocycles. The lowest BCUT2D eigenvalue weighted by molar-refractivity contribution is 0.547. The molecule has 2 heteroatoms. The van der Waals surface area contributed by atoms with Crippen molar-refractivity contribution >= 4 is 5.69 Å². The molecule has 0 saturated carbocycles. The highest BCUT2D eigenvalue weighted by Gasteiger charge is 2.02. The van der Waals surface area contributed by atoms with E-state index in [0.29, 0.717) is 11.6 Å². The first-order valence-electron chi connectivity index (χ1n) is 5.22. The van der Waals surface area contributed by atoms with Crippen LogP contribution in [-0.2, 0) is 0 Å². The lowest BCUT2D eigenvalue weighted by atomic mass is 10.1. The molecule has 1 aromatic rings. The number of benzene rings is 1. The third-order valence-corrected chi connectivity index (χ3v) is 2.30. The van der Waals surface area contributed by atoms with Gasteiger partial charge in [0.15, 0.2) is 0 Å². The molecule has 1 unspecified atom stereocenters. The number of hydrogen-bond acceptors (Lipinski definition) is 1. The summed E-state index contributed by atoms with van der Waals surface area (Å²) in [5, 5.41) is 3.12. The van der Waals surface area contributed by atoms with Crippen LogP contribution in [0.1, 0.15) is 26.7 Å². The molecule has 0 aliphatic carbocycles. The Balaban J connectivity index is 2.41. The van der Waals surface area contributed by atoms with Crippen LogP contribution in [0.3, 0.4) is 0 Å². The molecule has 0 fully saturated rings. The quantitative estimate of drug-likeness (QED) is 0.755. The van der Waals surface area contributed by atoms with Crippen LogP contribution < -0.4 is 5.32 Å². The van der Waals surface area contributed by atoms with Gasteiger partial charge in [-0.25, -0.2) is 4.39 Å². The summed E-state index contributed by atoms with van der Waals surface area (Å²) in [4.78, 5) is 0. The molecule has 0 spiro atoms. The second-order valence-corrected chi connectivity index (χ2v) is 3.75. The highest BCUT2D eigenvalue weighted by atomic mass is 19.1. The normalized spacial score (nSPS) is 12.5. The number of hydrogen-bond donors (Lipinski definition) is 1. The standard InChI is InChI=1S/C12H18FN/c1-3-6-10(2)9-14-12-8-5-4-7-11(12)13/h4-5,7-8,10,14H,3,6,9H2,1-2H3. The largest absolute Gasteiger partial charge is 0.382 e. The number of nitrogens with one attached hydrogen (secondary N) is 1. The van der Waals surface area contributed by atoms with Crippen molar-refractivity contribution in [3.05, 3.63) is 30.1 Å². The molecule has 0 aliphatic rings. The maximum Gasteiger partial charge on any atom is 0.146 e. The summed E-state index contributed by atoms with van der Waals surface area (Å²) in [7, 11) is 0. The molecule has 78 valence electrons. The third kappa shape index (κ3) is 3.36. The van der Waals surface area contributed by atoms with Gasteiger partial charge in [-0.05, 0) is 24.5 Å².